The van der Waals surface area contributed by atoms with Crippen LogP contribution < -0.4 is 19.8 Å². The highest BCUT2D eigenvalue weighted by Crippen LogP contribution is 2.33. The van der Waals surface area contributed by atoms with E-state index >= 15 is 0 Å². The molecule has 0 radical (unpaired) electrons. The fourth-order valence-electron chi connectivity index (χ4n) is 3.51. The Morgan fingerprint density at radius 3 is 1.83 bits per heavy atom. The standard InChI is InChI=1S/C29H27N3O3/c1-2-34-27-15-9-10-16-28(27)35-22-29(33)31-30-21-23-17-19-26(20-18-23)32(24-11-5-3-6-12-24)25-13-7-4-8-14-25/h3-21H,2,22H2,1H3,(H,31,33)/b30-21+. The normalized spacial score (nSPS) is 10.7. The van der Waals surface area contributed by atoms with Crippen LogP contribution in [0.15, 0.2) is 114 Å². The van der Waals surface area contributed by atoms with E-state index in [1.54, 1.807) is 18.3 Å². The lowest BCUT2D eigenvalue weighted by atomic mass is 10.1. The van der Waals surface area contributed by atoms with E-state index in [0.29, 0.717) is 18.1 Å². The molecule has 1 N–H and O–H groups in total. The Kier molecular flexibility index (Phi) is 8.11. The van der Waals surface area contributed by atoms with Crippen LogP contribution in [0.4, 0.5) is 17.1 Å². The lowest BCUT2D eigenvalue weighted by Gasteiger charge is -2.25. The highest BCUT2D eigenvalue weighted by atomic mass is 16.5. The van der Waals surface area contributed by atoms with Crippen LogP contribution in [0.3, 0.4) is 0 Å². The number of carbonyl (C=O) groups is 1. The number of nitrogens with zero attached hydrogens (tertiary/aromatic N) is 2. The summed E-state index contributed by atoms with van der Waals surface area (Å²) in [7, 11) is 0. The Balaban J connectivity index is 1.38. The fraction of sp³-hybridized carbons (Fsp3) is 0.103. The summed E-state index contributed by atoms with van der Waals surface area (Å²) >= 11 is 0. The van der Waals surface area contributed by atoms with Crippen molar-refractivity contribution in [3.05, 3.63) is 115 Å². The van der Waals surface area contributed by atoms with Gasteiger partial charge in [0.05, 0.1) is 12.8 Å². The molecule has 6 nitrogen and oxygen atoms in total. The topological polar surface area (TPSA) is 63.2 Å². The van der Waals surface area contributed by atoms with Gasteiger partial charge in [-0.2, -0.15) is 5.10 Å². The Morgan fingerprint density at radius 2 is 1.26 bits per heavy atom. The van der Waals surface area contributed by atoms with Crippen molar-refractivity contribution in [2.45, 2.75) is 6.92 Å². The predicted octanol–water partition coefficient (Wildman–Crippen LogP) is 6.08. The smallest absolute Gasteiger partial charge is 0.277 e. The molecular formula is C29H27N3O3. The van der Waals surface area contributed by atoms with E-state index in [0.717, 1.165) is 22.6 Å². The van der Waals surface area contributed by atoms with Gasteiger partial charge in [0.2, 0.25) is 0 Å². The molecule has 0 saturated carbocycles. The van der Waals surface area contributed by atoms with E-state index < -0.39 is 0 Å². The number of hydrogen-bond donors (Lipinski definition) is 1. The highest BCUT2D eigenvalue weighted by Gasteiger charge is 2.11. The number of amides is 1. The lowest BCUT2D eigenvalue weighted by Crippen LogP contribution is -2.24. The summed E-state index contributed by atoms with van der Waals surface area (Å²) in [6, 6.07) is 35.6. The van der Waals surface area contributed by atoms with Gasteiger partial charge in [-0.05, 0) is 61.0 Å². The van der Waals surface area contributed by atoms with Gasteiger partial charge in [-0.3, -0.25) is 4.79 Å². The van der Waals surface area contributed by atoms with Gasteiger partial charge in [-0.15, -0.1) is 0 Å². The maximum Gasteiger partial charge on any atom is 0.277 e. The largest absolute Gasteiger partial charge is 0.490 e. The summed E-state index contributed by atoms with van der Waals surface area (Å²) in [6.07, 6.45) is 1.60. The van der Waals surface area contributed by atoms with Crippen LogP contribution in [0.25, 0.3) is 0 Å². The van der Waals surface area contributed by atoms with E-state index in [-0.39, 0.29) is 12.5 Å². The number of hydrazone groups is 1. The van der Waals surface area contributed by atoms with Gasteiger partial charge >= 0.3 is 0 Å². The molecule has 0 bridgehead atoms. The molecule has 176 valence electrons. The molecule has 0 heterocycles. The van der Waals surface area contributed by atoms with Gasteiger partial charge in [0.15, 0.2) is 18.1 Å². The Labute approximate surface area is 205 Å². The molecule has 0 fully saturated rings. The van der Waals surface area contributed by atoms with Gasteiger partial charge in [-0.1, -0.05) is 60.7 Å². The Hall–Kier alpha value is -4.58. The van der Waals surface area contributed by atoms with Crippen molar-refractivity contribution in [3.63, 3.8) is 0 Å². The fourth-order valence-corrected chi connectivity index (χ4v) is 3.51. The van der Waals surface area contributed by atoms with Crippen LogP contribution in [-0.2, 0) is 4.79 Å². The van der Waals surface area contributed by atoms with Gasteiger partial charge in [0, 0.05) is 17.1 Å². The summed E-state index contributed by atoms with van der Waals surface area (Å²) in [5.41, 5.74) is 6.51. The first kappa shape index (κ1) is 23.6. The van der Waals surface area contributed by atoms with Crippen LogP contribution in [0, 0.1) is 0 Å². The number of benzene rings is 4. The average Bonchev–Trinajstić information content (AvgIpc) is 2.91. The van der Waals surface area contributed by atoms with Crippen molar-refractivity contribution >= 4 is 29.2 Å². The molecule has 1 amide bonds. The molecule has 0 aliphatic heterocycles. The highest BCUT2D eigenvalue weighted by molar-refractivity contribution is 5.84. The number of nitrogens with one attached hydrogen (secondary N) is 1. The molecular weight excluding hydrogens is 438 g/mol. The van der Waals surface area contributed by atoms with Crippen LogP contribution in [-0.4, -0.2) is 25.3 Å². The second kappa shape index (κ2) is 12.0. The molecule has 0 atom stereocenters. The lowest BCUT2D eigenvalue weighted by molar-refractivity contribution is -0.123. The molecule has 0 aliphatic carbocycles. The second-order valence-corrected chi connectivity index (χ2v) is 7.56. The first-order valence-electron chi connectivity index (χ1n) is 11.4. The molecule has 4 aromatic rings. The molecule has 6 heteroatoms. The van der Waals surface area contributed by atoms with Crippen molar-refractivity contribution in [1.82, 2.24) is 5.43 Å². The van der Waals surface area contributed by atoms with Crippen LogP contribution in [0.2, 0.25) is 0 Å². The number of anilines is 3. The summed E-state index contributed by atoms with van der Waals surface area (Å²) < 4.78 is 11.1. The third-order valence-electron chi connectivity index (χ3n) is 5.09. The van der Waals surface area contributed by atoms with Gasteiger partial charge in [0.25, 0.3) is 5.91 Å². The maximum atomic E-state index is 12.1. The maximum absolute atomic E-state index is 12.1. The zero-order valence-electron chi connectivity index (χ0n) is 19.5. The monoisotopic (exact) mass is 465 g/mol. The van der Waals surface area contributed by atoms with E-state index in [2.05, 4.69) is 39.7 Å². The third kappa shape index (κ3) is 6.48. The second-order valence-electron chi connectivity index (χ2n) is 7.56. The van der Waals surface area contributed by atoms with Gasteiger partial charge in [0.1, 0.15) is 0 Å². The quantitative estimate of drug-likeness (QED) is 0.228. The van der Waals surface area contributed by atoms with Crippen molar-refractivity contribution in [1.29, 1.82) is 0 Å². The summed E-state index contributed by atoms with van der Waals surface area (Å²) in [5.74, 6) is 0.764. The van der Waals surface area contributed by atoms with Crippen molar-refractivity contribution in [2.75, 3.05) is 18.1 Å². The summed E-state index contributed by atoms with van der Waals surface area (Å²) in [6.45, 7) is 2.25. The van der Waals surface area contributed by atoms with Crippen LogP contribution >= 0.6 is 0 Å². The van der Waals surface area contributed by atoms with E-state index in [9.17, 15) is 4.79 Å². The number of ether oxygens (including phenoxy) is 2. The zero-order chi connectivity index (χ0) is 24.3. The number of para-hydroxylation sites is 4. The van der Waals surface area contributed by atoms with Crippen LogP contribution in [0.1, 0.15) is 12.5 Å². The molecule has 0 aromatic heterocycles. The Morgan fingerprint density at radius 1 is 0.743 bits per heavy atom. The van der Waals surface area contributed by atoms with Gasteiger partial charge in [-0.25, -0.2) is 5.43 Å². The minimum Gasteiger partial charge on any atom is -0.490 e. The molecule has 0 saturated heterocycles. The molecule has 4 aromatic carbocycles. The zero-order valence-corrected chi connectivity index (χ0v) is 19.5. The number of carbonyl (C=O) groups excluding carboxylic acids is 1. The molecule has 0 spiro atoms. The number of rotatable bonds is 10. The van der Waals surface area contributed by atoms with E-state index in [1.165, 1.54) is 0 Å². The molecule has 4 rings (SSSR count). The summed E-state index contributed by atoms with van der Waals surface area (Å²) in [5, 5.41) is 4.05. The molecule has 0 unspecified atom stereocenters. The minimum atomic E-state index is -0.358. The average molecular weight is 466 g/mol. The van der Waals surface area contributed by atoms with Crippen molar-refractivity contribution < 1.29 is 14.3 Å². The first-order valence-corrected chi connectivity index (χ1v) is 11.4. The SMILES string of the molecule is CCOc1ccccc1OCC(=O)N/N=C/c1ccc(N(c2ccccc2)c2ccccc2)cc1. The van der Waals surface area contributed by atoms with Crippen LogP contribution in [0.5, 0.6) is 11.5 Å². The van der Waals surface area contributed by atoms with Crippen molar-refractivity contribution in [3.8, 4) is 11.5 Å². The molecule has 0 aliphatic rings. The Bertz CT molecular complexity index is 1200. The minimum absolute atomic E-state index is 0.163. The number of hydrogen-bond acceptors (Lipinski definition) is 5. The predicted molar refractivity (Wildman–Crippen MR) is 140 cm³/mol. The van der Waals surface area contributed by atoms with Crippen molar-refractivity contribution in [2.24, 2.45) is 5.10 Å². The van der Waals surface area contributed by atoms with E-state index in [4.69, 9.17) is 9.47 Å². The molecule has 35 heavy (non-hydrogen) atoms. The summed E-state index contributed by atoms with van der Waals surface area (Å²) in [4.78, 5) is 14.3. The van der Waals surface area contributed by atoms with Gasteiger partial charge < -0.3 is 14.4 Å². The third-order valence-corrected chi connectivity index (χ3v) is 5.09. The van der Waals surface area contributed by atoms with E-state index in [1.807, 2.05) is 79.7 Å². The first-order chi connectivity index (χ1) is 17.2.